The van der Waals surface area contributed by atoms with Crippen molar-refractivity contribution >= 4 is 29.0 Å². The van der Waals surface area contributed by atoms with Gasteiger partial charge in [0.05, 0.1) is 24.4 Å². The third-order valence-corrected chi connectivity index (χ3v) is 6.67. The molecule has 6 nitrogen and oxygen atoms in total. The first-order valence-electron chi connectivity index (χ1n) is 11.3. The van der Waals surface area contributed by atoms with Gasteiger partial charge in [-0.05, 0) is 85.7 Å². The molecule has 1 aliphatic rings. The van der Waals surface area contributed by atoms with E-state index in [1.807, 2.05) is 42.5 Å². The number of ether oxygens (including phenoxy) is 1. The number of hydrogen-bond donors (Lipinski definition) is 1. The van der Waals surface area contributed by atoms with Crippen LogP contribution in [0.25, 0.3) is 11.3 Å². The molecule has 35 heavy (non-hydrogen) atoms. The minimum atomic E-state index is -0.389. The third kappa shape index (κ3) is 4.31. The maximum atomic E-state index is 12.0. The fourth-order valence-corrected chi connectivity index (χ4v) is 4.73. The van der Waals surface area contributed by atoms with Crippen LogP contribution in [-0.4, -0.2) is 23.2 Å². The maximum absolute atomic E-state index is 12.0. The number of methoxy groups -OCH3 is 1. The van der Waals surface area contributed by atoms with E-state index in [2.05, 4.69) is 47.2 Å². The Bertz CT molecular complexity index is 1400. The van der Waals surface area contributed by atoms with Crippen molar-refractivity contribution in [2.75, 3.05) is 12.0 Å². The number of aryl methyl sites for hydroxylation is 2. The van der Waals surface area contributed by atoms with Crippen LogP contribution in [0.5, 0.6) is 0 Å². The molecule has 1 N–H and O–H groups in total. The lowest BCUT2D eigenvalue weighted by Crippen LogP contribution is -2.29. The number of aromatic nitrogens is 1. The van der Waals surface area contributed by atoms with Crippen molar-refractivity contribution in [3.63, 3.8) is 0 Å². The summed E-state index contributed by atoms with van der Waals surface area (Å²) in [5, 5.41) is 4.07. The molecule has 0 radical (unpaired) electrons. The van der Waals surface area contributed by atoms with Gasteiger partial charge in [0.25, 0.3) is 0 Å². The Hall–Kier alpha value is -3.97. The lowest BCUT2D eigenvalue weighted by Gasteiger charge is -2.26. The molecule has 2 atom stereocenters. The van der Waals surface area contributed by atoms with Gasteiger partial charge in [-0.1, -0.05) is 24.3 Å². The van der Waals surface area contributed by atoms with Crippen LogP contribution in [0.4, 0.5) is 5.69 Å². The number of nitrogens with one attached hydrogen (secondary N) is 1. The first-order valence-corrected chi connectivity index (χ1v) is 11.7. The molecule has 176 valence electrons. The molecule has 3 heterocycles. The van der Waals surface area contributed by atoms with Crippen LogP contribution in [-0.2, 0) is 4.74 Å². The lowest BCUT2D eigenvalue weighted by atomic mass is 10.0. The Morgan fingerprint density at radius 2 is 1.89 bits per heavy atom. The number of furan rings is 1. The van der Waals surface area contributed by atoms with Crippen molar-refractivity contribution < 1.29 is 13.9 Å². The highest BCUT2D eigenvalue weighted by Crippen LogP contribution is 2.43. The van der Waals surface area contributed by atoms with Gasteiger partial charge in [-0.3, -0.25) is 4.98 Å². The number of carbonyl (C=O) groups is 1. The number of benzene rings is 2. The zero-order valence-corrected chi connectivity index (χ0v) is 20.5. The topological polar surface area (TPSA) is 67.6 Å². The first kappa shape index (κ1) is 22.8. The van der Waals surface area contributed by atoms with E-state index in [0.717, 1.165) is 22.7 Å². The largest absolute Gasteiger partial charge is 0.465 e. The molecule has 1 saturated heterocycles. The number of anilines is 1. The number of thiocarbonyl (C=S) groups is 1. The summed E-state index contributed by atoms with van der Waals surface area (Å²) in [4.78, 5) is 18.7. The van der Waals surface area contributed by atoms with Crippen molar-refractivity contribution in [2.45, 2.75) is 25.9 Å². The van der Waals surface area contributed by atoms with E-state index in [9.17, 15) is 4.79 Å². The highest BCUT2D eigenvalue weighted by molar-refractivity contribution is 7.80. The van der Waals surface area contributed by atoms with Crippen molar-refractivity contribution in [1.82, 2.24) is 10.3 Å². The average molecular weight is 484 g/mol. The van der Waals surface area contributed by atoms with Crippen molar-refractivity contribution in [1.29, 1.82) is 0 Å². The minimum Gasteiger partial charge on any atom is -0.465 e. The molecule has 7 heteroatoms. The standard InChI is InChI=1S/C28H25N3O3S/c1-17-10-11-21(15-18(17)2)31-26(25(30-28(31)35)22-9-4-5-14-29-22)24-13-12-23(34-24)19-7-6-8-20(16-19)27(32)33-3/h4-16,25-26H,1-3H3,(H,30,35). The normalized spacial score (nSPS) is 17.3. The Kier molecular flexibility index (Phi) is 6.09. The fraction of sp³-hybridized carbons (Fsp3) is 0.179. The summed E-state index contributed by atoms with van der Waals surface area (Å²) in [6.07, 6.45) is 1.78. The van der Waals surface area contributed by atoms with E-state index < -0.39 is 0 Å². The Morgan fingerprint density at radius 3 is 2.63 bits per heavy atom. The van der Waals surface area contributed by atoms with Crippen LogP contribution in [0.15, 0.2) is 83.4 Å². The van der Waals surface area contributed by atoms with E-state index in [1.165, 1.54) is 18.2 Å². The summed E-state index contributed by atoms with van der Waals surface area (Å²) in [6, 6.07) is 22.8. The molecule has 0 bridgehead atoms. The predicted molar refractivity (Wildman–Crippen MR) is 139 cm³/mol. The van der Waals surface area contributed by atoms with Gasteiger partial charge in [-0.2, -0.15) is 0 Å². The molecular weight excluding hydrogens is 458 g/mol. The number of esters is 1. The highest BCUT2D eigenvalue weighted by atomic mass is 32.1. The zero-order chi connectivity index (χ0) is 24.5. The second-order valence-electron chi connectivity index (χ2n) is 8.54. The van der Waals surface area contributed by atoms with Crippen LogP contribution in [0, 0.1) is 13.8 Å². The number of nitrogens with zero attached hydrogens (tertiary/aromatic N) is 2. The summed E-state index contributed by atoms with van der Waals surface area (Å²) < 4.78 is 11.3. The molecule has 1 fully saturated rings. The summed E-state index contributed by atoms with van der Waals surface area (Å²) >= 11 is 5.81. The zero-order valence-electron chi connectivity index (χ0n) is 19.7. The quantitative estimate of drug-likeness (QED) is 0.279. The molecule has 1 aliphatic heterocycles. The monoisotopic (exact) mass is 483 g/mol. The van der Waals surface area contributed by atoms with Crippen molar-refractivity contribution in [2.24, 2.45) is 0 Å². The van der Waals surface area contributed by atoms with Gasteiger partial charge in [-0.15, -0.1) is 0 Å². The van der Waals surface area contributed by atoms with Crippen LogP contribution < -0.4 is 10.2 Å². The number of carbonyl (C=O) groups excluding carboxylic acids is 1. The highest BCUT2D eigenvalue weighted by Gasteiger charge is 2.42. The van der Waals surface area contributed by atoms with E-state index in [0.29, 0.717) is 16.4 Å². The number of hydrogen-bond acceptors (Lipinski definition) is 5. The minimum absolute atomic E-state index is 0.203. The third-order valence-electron chi connectivity index (χ3n) is 6.35. The summed E-state index contributed by atoms with van der Waals surface area (Å²) in [5.74, 6) is 1.01. The Morgan fingerprint density at radius 1 is 1.03 bits per heavy atom. The Labute approximate surface area is 209 Å². The lowest BCUT2D eigenvalue weighted by molar-refractivity contribution is 0.0601. The van der Waals surface area contributed by atoms with Crippen LogP contribution in [0.3, 0.4) is 0 Å². The second-order valence-corrected chi connectivity index (χ2v) is 8.93. The Balaban J connectivity index is 1.58. The molecule has 0 saturated carbocycles. The fourth-order valence-electron chi connectivity index (χ4n) is 4.38. The molecule has 4 aromatic rings. The number of rotatable bonds is 5. The molecule has 5 rings (SSSR count). The van der Waals surface area contributed by atoms with E-state index >= 15 is 0 Å². The van der Waals surface area contributed by atoms with E-state index in [4.69, 9.17) is 21.4 Å². The number of pyridine rings is 1. The first-order chi connectivity index (χ1) is 17.0. The average Bonchev–Trinajstić information content (AvgIpc) is 3.50. The van der Waals surface area contributed by atoms with Crippen LogP contribution in [0.1, 0.15) is 45.0 Å². The van der Waals surface area contributed by atoms with Crippen LogP contribution >= 0.6 is 12.2 Å². The molecule has 0 amide bonds. The van der Waals surface area contributed by atoms with Gasteiger partial charge in [0, 0.05) is 17.4 Å². The molecule has 0 aliphatic carbocycles. The van der Waals surface area contributed by atoms with Gasteiger partial charge in [-0.25, -0.2) is 4.79 Å². The van der Waals surface area contributed by atoms with Crippen molar-refractivity contribution in [3.8, 4) is 11.3 Å². The molecule has 2 aromatic carbocycles. The van der Waals surface area contributed by atoms with Crippen molar-refractivity contribution in [3.05, 3.63) is 107 Å². The summed E-state index contributed by atoms with van der Waals surface area (Å²) in [7, 11) is 1.37. The molecule has 0 spiro atoms. The molecule has 2 aromatic heterocycles. The maximum Gasteiger partial charge on any atom is 0.337 e. The van der Waals surface area contributed by atoms with Gasteiger partial charge < -0.3 is 19.4 Å². The van der Waals surface area contributed by atoms with Gasteiger partial charge in [0.2, 0.25) is 0 Å². The van der Waals surface area contributed by atoms with E-state index in [-0.39, 0.29) is 18.1 Å². The predicted octanol–water partition coefficient (Wildman–Crippen LogP) is 5.92. The summed E-state index contributed by atoms with van der Waals surface area (Å²) in [6.45, 7) is 4.19. The van der Waals surface area contributed by atoms with Gasteiger partial charge in [0.1, 0.15) is 17.6 Å². The second kappa shape index (κ2) is 9.35. The molecular formula is C28H25N3O3S. The molecule has 2 unspecified atom stereocenters. The van der Waals surface area contributed by atoms with E-state index in [1.54, 1.807) is 18.3 Å². The van der Waals surface area contributed by atoms with Gasteiger partial charge >= 0.3 is 5.97 Å². The SMILES string of the molecule is COC(=O)c1cccc(-c2ccc(C3C(c4ccccn4)NC(=S)N3c3ccc(C)c(C)c3)o2)c1. The summed E-state index contributed by atoms with van der Waals surface area (Å²) in [5.41, 5.74) is 5.52. The van der Waals surface area contributed by atoms with Crippen LogP contribution in [0.2, 0.25) is 0 Å². The smallest absolute Gasteiger partial charge is 0.337 e. The van der Waals surface area contributed by atoms with Gasteiger partial charge in [0.15, 0.2) is 5.11 Å².